The van der Waals surface area contributed by atoms with E-state index in [1.54, 1.807) is 32.7 Å². The Morgan fingerprint density at radius 1 is 1.26 bits per heavy atom. The predicted octanol–water partition coefficient (Wildman–Crippen LogP) is 3.49. The van der Waals surface area contributed by atoms with Crippen LogP contribution in [0.3, 0.4) is 0 Å². The number of thiazole rings is 1. The molecule has 1 saturated carbocycles. The van der Waals surface area contributed by atoms with Gasteiger partial charge in [-0.2, -0.15) is 0 Å². The molecule has 108 valence electrons. The van der Waals surface area contributed by atoms with Gasteiger partial charge in [-0.1, -0.05) is 6.92 Å². The van der Waals surface area contributed by atoms with Gasteiger partial charge in [0.15, 0.2) is 0 Å². The summed E-state index contributed by atoms with van der Waals surface area (Å²) in [4.78, 5) is 4.69. The first kappa shape index (κ1) is 14.9. The number of methoxy groups -OCH3 is 3. The Hall–Kier alpha value is -0.490. The van der Waals surface area contributed by atoms with E-state index in [2.05, 4.69) is 11.9 Å². The molecule has 1 aliphatic carbocycles. The second-order valence-corrected chi connectivity index (χ2v) is 6.12. The summed E-state index contributed by atoms with van der Waals surface area (Å²) in [5, 5.41) is 3.06. The van der Waals surface area contributed by atoms with Crippen molar-refractivity contribution in [2.75, 3.05) is 21.3 Å². The van der Waals surface area contributed by atoms with Gasteiger partial charge in [-0.05, 0) is 31.6 Å². The van der Waals surface area contributed by atoms with Gasteiger partial charge in [0.25, 0.3) is 0 Å². The van der Waals surface area contributed by atoms with Crippen molar-refractivity contribution in [2.45, 2.75) is 44.5 Å². The highest BCUT2D eigenvalue weighted by Crippen LogP contribution is 2.43. The summed E-state index contributed by atoms with van der Waals surface area (Å²) in [6.45, 7) is 2.30. The third kappa shape index (κ3) is 2.99. The summed E-state index contributed by atoms with van der Waals surface area (Å²) in [5.74, 6) is 0.786. The van der Waals surface area contributed by atoms with Crippen LogP contribution in [0.1, 0.15) is 49.6 Å². The molecule has 1 heterocycles. The topological polar surface area (TPSA) is 40.6 Å². The van der Waals surface area contributed by atoms with Crippen LogP contribution in [-0.2, 0) is 19.8 Å². The molecule has 4 nitrogen and oxygen atoms in total. The SMILES string of the molecule is COC(OC)c1csc(C2(OC)CCC(C)CC2)n1. The fraction of sp³-hybridized carbons (Fsp3) is 0.786. The molecule has 0 aromatic carbocycles. The van der Waals surface area contributed by atoms with E-state index in [0.717, 1.165) is 29.5 Å². The summed E-state index contributed by atoms with van der Waals surface area (Å²) in [6, 6.07) is 0. The highest BCUT2D eigenvalue weighted by molar-refractivity contribution is 7.09. The number of nitrogens with zero attached hydrogens (tertiary/aromatic N) is 1. The third-order valence-electron chi connectivity index (χ3n) is 4.05. The molecule has 5 heteroatoms. The summed E-state index contributed by atoms with van der Waals surface area (Å²) >= 11 is 1.64. The van der Waals surface area contributed by atoms with E-state index in [9.17, 15) is 0 Å². The Bertz CT molecular complexity index is 395. The van der Waals surface area contributed by atoms with Crippen molar-refractivity contribution >= 4 is 11.3 Å². The smallest absolute Gasteiger partial charge is 0.201 e. The van der Waals surface area contributed by atoms with E-state index in [4.69, 9.17) is 14.2 Å². The fourth-order valence-corrected chi connectivity index (χ4v) is 3.73. The lowest BCUT2D eigenvalue weighted by molar-refractivity contribution is -0.109. The van der Waals surface area contributed by atoms with Crippen molar-refractivity contribution in [2.24, 2.45) is 5.92 Å². The zero-order valence-electron chi connectivity index (χ0n) is 12.1. The first-order valence-electron chi connectivity index (χ1n) is 6.72. The van der Waals surface area contributed by atoms with Crippen LogP contribution in [0.2, 0.25) is 0 Å². The van der Waals surface area contributed by atoms with Gasteiger partial charge in [0.2, 0.25) is 6.29 Å². The maximum absolute atomic E-state index is 5.84. The first-order chi connectivity index (χ1) is 9.15. The number of rotatable bonds is 5. The zero-order valence-corrected chi connectivity index (χ0v) is 13.0. The van der Waals surface area contributed by atoms with Crippen LogP contribution < -0.4 is 0 Å². The van der Waals surface area contributed by atoms with E-state index in [0.29, 0.717) is 0 Å². The molecule has 0 amide bonds. The maximum atomic E-state index is 5.84. The van der Waals surface area contributed by atoms with E-state index in [1.807, 2.05) is 5.38 Å². The van der Waals surface area contributed by atoms with Gasteiger partial charge in [-0.15, -0.1) is 11.3 Å². The Balaban J connectivity index is 2.20. The Morgan fingerprint density at radius 2 is 1.89 bits per heavy atom. The van der Waals surface area contributed by atoms with Crippen molar-refractivity contribution in [3.8, 4) is 0 Å². The van der Waals surface area contributed by atoms with Crippen molar-refractivity contribution in [3.63, 3.8) is 0 Å². The lowest BCUT2D eigenvalue weighted by atomic mass is 9.80. The molecule has 0 radical (unpaired) electrons. The number of hydrogen-bond donors (Lipinski definition) is 0. The minimum absolute atomic E-state index is 0.207. The molecule has 1 aromatic rings. The van der Waals surface area contributed by atoms with Gasteiger partial charge in [-0.25, -0.2) is 4.98 Å². The van der Waals surface area contributed by atoms with E-state index < -0.39 is 0 Å². The highest BCUT2D eigenvalue weighted by Gasteiger charge is 2.38. The minimum atomic E-state index is -0.388. The van der Waals surface area contributed by atoms with Crippen LogP contribution >= 0.6 is 11.3 Å². The van der Waals surface area contributed by atoms with Crippen molar-refractivity contribution in [1.29, 1.82) is 0 Å². The number of hydrogen-bond acceptors (Lipinski definition) is 5. The molecule has 1 aliphatic rings. The fourth-order valence-electron chi connectivity index (χ4n) is 2.68. The van der Waals surface area contributed by atoms with Crippen LogP contribution in [0.25, 0.3) is 0 Å². The molecule has 0 saturated heterocycles. The second-order valence-electron chi connectivity index (χ2n) is 5.26. The largest absolute Gasteiger partial charge is 0.371 e. The first-order valence-corrected chi connectivity index (χ1v) is 7.60. The lowest BCUT2D eigenvalue weighted by Gasteiger charge is -2.36. The molecule has 1 aromatic heterocycles. The van der Waals surface area contributed by atoms with Crippen molar-refractivity contribution < 1.29 is 14.2 Å². The summed E-state index contributed by atoms with van der Waals surface area (Å²) < 4.78 is 16.3. The van der Waals surface area contributed by atoms with Crippen molar-refractivity contribution in [3.05, 3.63) is 16.1 Å². The molecule has 19 heavy (non-hydrogen) atoms. The second kappa shape index (κ2) is 6.31. The summed E-state index contributed by atoms with van der Waals surface area (Å²) in [6.07, 6.45) is 4.09. The molecule has 0 N–H and O–H groups in total. The maximum Gasteiger partial charge on any atom is 0.201 e. The minimum Gasteiger partial charge on any atom is -0.371 e. The summed E-state index contributed by atoms with van der Waals surface area (Å²) in [7, 11) is 5.05. The molecular weight excluding hydrogens is 262 g/mol. The van der Waals surface area contributed by atoms with Crippen LogP contribution in [0.4, 0.5) is 0 Å². The quantitative estimate of drug-likeness (QED) is 0.777. The normalized spacial score (nSPS) is 27.9. The van der Waals surface area contributed by atoms with Crippen molar-refractivity contribution in [1.82, 2.24) is 4.98 Å². The predicted molar refractivity (Wildman–Crippen MR) is 75.2 cm³/mol. The highest BCUT2D eigenvalue weighted by atomic mass is 32.1. The Kier molecular flexibility index (Phi) is 4.95. The molecule has 1 fully saturated rings. The molecule has 0 atom stereocenters. The van der Waals surface area contributed by atoms with E-state index >= 15 is 0 Å². The number of aromatic nitrogens is 1. The average Bonchev–Trinajstić information content (AvgIpc) is 2.92. The molecule has 0 aliphatic heterocycles. The van der Waals surface area contributed by atoms with Gasteiger partial charge in [-0.3, -0.25) is 0 Å². The van der Waals surface area contributed by atoms with Gasteiger partial charge < -0.3 is 14.2 Å². The third-order valence-corrected chi connectivity index (χ3v) is 5.10. The van der Waals surface area contributed by atoms with Crippen LogP contribution in [0.5, 0.6) is 0 Å². The standard InChI is InChI=1S/C14H23NO3S/c1-10-5-7-14(18-4,8-6-10)13-15-11(9-19-13)12(16-2)17-3/h9-10,12H,5-8H2,1-4H3. The van der Waals surface area contributed by atoms with Gasteiger partial charge in [0, 0.05) is 26.7 Å². The van der Waals surface area contributed by atoms with Crippen LogP contribution in [0.15, 0.2) is 5.38 Å². The molecular formula is C14H23NO3S. The van der Waals surface area contributed by atoms with E-state index in [-0.39, 0.29) is 11.9 Å². The molecule has 0 spiro atoms. The molecule has 2 rings (SSSR count). The average molecular weight is 285 g/mol. The van der Waals surface area contributed by atoms with E-state index in [1.165, 1.54) is 12.8 Å². The zero-order chi connectivity index (χ0) is 13.9. The Labute approximate surface area is 119 Å². The van der Waals surface area contributed by atoms with Crippen LogP contribution in [-0.4, -0.2) is 26.3 Å². The Morgan fingerprint density at radius 3 is 2.42 bits per heavy atom. The monoisotopic (exact) mass is 285 g/mol. The van der Waals surface area contributed by atoms with Gasteiger partial charge >= 0.3 is 0 Å². The number of ether oxygens (including phenoxy) is 3. The van der Waals surface area contributed by atoms with Gasteiger partial charge in [0.05, 0.1) is 0 Å². The molecule has 0 unspecified atom stereocenters. The van der Waals surface area contributed by atoms with Gasteiger partial charge in [0.1, 0.15) is 16.3 Å². The lowest BCUT2D eigenvalue weighted by Crippen LogP contribution is -2.33. The van der Waals surface area contributed by atoms with Crippen LogP contribution in [0, 0.1) is 5.92 Å². The molecule has 0 bridgehead atoms. The summed E-state index contributed by atoms with van der Waals surface area (Å²) in [5.41, 5.74) is 0.626.